The highest BCUT2D eigenvalue weighted by Crippen LogP contribution is 2.26. The number of carbonyl (C=O) groups excluding carboxylic acids is 1. The summed E-state index contributed by atoms with van der Waals surface area (Å²) in [6.45, 7) is 0.177. The van der Waals surface area contributed by atoms with E-state index in [4.69, 9.17) is 9.88 Å². The van der Waals surface area contributed by atoms with Crippen LogP contribution in [0.4, 0.5) is 14.6 Å². The first-order chi connectivity index (χ1) is 12.7. The Hall–Kier alpha value is -2.63. The molecule has 11 heteroatoms. The molecule has 8 nitrogen and oxygen atoms in total. The average molecular weight is 398 g/mol. The Morgan fingerprint density at radius 2 is 2.07 bits per heavy atom. The van der Waals surface area contributed by atoms with Gasteiger partial charge >= 0.3 is 0 Å². The summed E-state index contributed by atoms with van der Waals surface area (Å²) in [5, 5.41) is 7.60. The first-order valence-corrected chi connectivity index (χ1v) is 9.44. The van der Waals surface area contributed by atoms with E-state index in [0.29, 0.717) is 12.8 Å². The lowest BCUT2D eigenvalue weighted by Crippen LogP contribution is -2.46. The van der Waals surface area contributed by atoms with Crippen LogP contribution in [0.2, 0.25) is 0 Å². The molecule has 1 amide bonds. The zero-order valence-corrected chi connectivity index (χ0v) is 14.7. The number of halogens is 2. The van der Waals surface area contributed by atoms with Gasteiger partial charge in [-0.15, -0.1) is 0 Å². The largest absolute Gasteiger partial charge is 0.453 e. The molecular weight excluding hydrogens is 382 g/mol. The van der Waals surface area contributed by atoms with Crippen LogP contribution in [0, 0.1) is 11.6 Å². The number of hydrogen-bond donors (Lipinski definition) is 2. The topological polar surface area (TPSA) is 115 Å². The highest BCUT2D eigenvalue weighted by molar-refractivity contribution is 7.86. The fourth-order valence-electron chi connectivity index (χ4n) is 2.71. The minimum atomic E-state index is -3.97. The first kappa shape index (κ1) is 19.1. The molecule has 1 aromatic heterocycles. The van der Waals surface area contributed by atoms with Gasteiger partial charge in [0.1, 0.15) is 23.4 Å². The van der Waals surface area contributed by atoms with Crippen molar-refractivity contribution in [2.45, 2.75) is 18.9 Å². The first-order valence-electron chi connectivity index (χ1n) is 7.93. The zero-order valence-electron chi connectivity index (χ0n) is 13.9. The number of rotatable bonds is 5. The van der Waals surface area contributed by atoms with Crippen LogP contribution in [-0.2, 0) is 15.0 Å². The number of aromatic nitrogens is 1. The van der Waals surface area contributed by atoms with Crippen molar-refractivity contribution in [2.24, 2.45) is 5.14 Å². The average Bonchev–Trinajstić information content (AvgIpc) is 3.10. The van der Waals surface area contributed by atoms with Crippen LogP contribution in [0.25, 0.3) is 0 Å². The van der Waals surface area contributed by atoms with Gasteiger partial charge in [0.25, 0.3) is 10.2 Å². The van der Waals surface area contributed by atoms with Crippen LogP contribution >= 0.6 is 0 Å². The normalized spacial score (nSPS) is 17.7. The summed E-state index contributed by atoms with van der Waals surface area (Å²) in [6, 6.07) is 4.68. The molecule has 2 aromatic rings. The maximum atomic E-state index is 13.6. The van der Waals surface area contributed by atoms with Crippen LogP contribution < -0.4 is 15.2 Å². The molecule has 1 fully saturated rings. The lowest BCUT2D eigenvalue weighted by molar-refractivity contribution is -0.119. The molecule has 0 saturated carbocycles. The number of pyridine rings is 1. The van der Waals surface area contributed by atoms with Crippen molar-refractivity contribution in [3.05, 3.63) is 48.2 Å². The van der Waals surface area contributed by atoms with Gasteiger partial charge in [0, 0.05) is 12.6 Å². The maximum Gasteiger partial charge on any atom is 0.277 e. The highest BCUT2D eigenvalue weighted by atomic mass is 32.2. The van der Waals surface area contributed by atoms with Gasteiger partial charge in [0.05, 0.1) is 6.20 Å². The van der Waals surface area contributed by atoms with Gasteiger partial charge in [0.2, 0.25) is 5.91 Å². The molecule has 0 radical (unpaired) electrons. The molecule has 3 rings (SSSR count). The second kappa shape index (κ2) is 7.55. The van der Waals surface area contributed by atoms with Gasteiger partial charge in [-0.3, -0.25) is 4.79 Å². The Bertz CT molecular complexity index is 953. The van der Waals surface area contributed by atoms with E-state index in [9.17, 15) is 22.0 Å². The fourth-order valence-corrected chi connectivity index (χ4v) is 3.65. The molecule has 1 aromatic carbocycles. The smallest absolute Gasteiger partial charge is 0.277 e. The number of carbonyl (C=O) groups is 1. The maximum absolute atomic E-state index is 13.6. The van der Waals surface area contributed by atoms with Crippen molar-refractivity contribution in [2.75, 3.05) is 11.9 Å². The van der Waals surface area contributed by atoms with Gasteiger partial charge in [-0.1, -0.05) is 0 Å². The van der Waals surface area contributed by atoms with Crippen molar-refractivity contribution in [3.8, 4) is 11.5 Å². The molecule has 2 heterocycles. The van der Waals surface area contributed by atoms with E-state index < -0.39 is 33.8 Å². The van der Waals surface area contributed by atoms with Crippen LogP contribution in [0.5, 0.6) is 11.5 Å². The molecule has 0 bridgehead atoms. The summed E-state index contributed by atoms with van der Waals surface area (Å²) in [5.41, 5.74) is 0. The van der Waals surface area contributed by atoms with Crippen molar-refractivity contribution < 1.29 is 26.7 Å². The Labute approximate surface area is 154 Å². The Morgan fingerprint density at radius 1 is 1.30 bits per heavy atom. The minimum Gasteiger partial charge on any atom is -0.453 e. The van der Waals surface area contributed by atoms with Crippen molar-refractivity contribution in [1.82, 2.24) is 9.29 Å². The van der Waals surface area contributed by atoms with Gasteiger partial charge < -0.3 is 10.1 Å². The number of ether oxygens (including phenoxy) is 1. The summed E-state index contributed by atoms with van der Waals surface area (Å²) >= 11 is 0. The van der Waals surface area contributed by atoms with E-state index in [1.807, 2.05) is 0 Å². The zero-order chi connectivity index (χ0) is 19.6. The minimum absolute atomic E-state index is 0.129. The summed E-state index contributed by atoms with van der Waals surface area (Å²) in [5.74, 6) is -1.97. The summed E-state index contributed by atoms with van der Waals surface area (Å²) in [7, 11) is -3.97. The van der Waals surface area contributed by atoms with Gasteiger partial charge in [-0.25, -0.2) is 18.9 Å². The van der Waals surface area contributed by atoms with Crippen molar-refractivity contribution in [1.29, 1.82) is 0 Å². The summed E-state index contributed by atoms with van der Waals surface area (Å²) in [4.78, 5) is 16.2. The van der Waals surface area contributed by atoms with Crippen molar-refractivity contribution >= 4 is 21.9 Å². The van der Waals surface area contributed by atoms with Crippen LogP contribution in [0.15, 0.2) is 36.5 Å². The van der Waals surface area contributed by atoms with Gasteiger partial charge in [-0.05, 0) is 37.1 Å². The number of amides is 1. The summed E-state index contributed by atoms with van der Waals surface area (Å²) in [6.07, 6.45) is 2.09. The molecule has 0 spiro atoms. The molecular formula is C16H16F2N4O4S. The quantitative estimate of drug-likeness (QED) is 0.796. The third-order valence-corrected chi connectivity index (χ3v) is 5.03. The molecule has 27 heavy (non-hydrogen) atoms. The van der Waals surface area contributed by atoms with E-state index in [0.717, 1.165) is 22.5 Å². The van der Waals surface area contributed by atoms with Crippen LogP contribution in [-0.4, -0.2) is 36.2 Å². The van der Waals surface area contributed by atoms with Gasteiger partial charge in [-0.2, -0.15) is 12.7 Å². The predicted molar refractivity (Wildman–Crippen MR) is 92.1 cm³/mol. The molecule has 144 valence electrons. The predicted octanol–water partition coefficient (Wildman–Crippen LogP) is 1.76. The number of nitrogens with two attached hydrogens (primary N) is 1. The molecule has 1 aliphatic rings. The summed E-state index contributed by atoms with van der Waals surface area (Å²) < 4.78 is 55.9. The number of benzene rings is 1. The number of nitrogens with zero attached hydrogens (tertiary/aromatic N) is 2. The molecule has 0 aliphatic carbocycles. The van der Waals surface area contributed by atoms with Crippen LogP contribution in [0.1, 0.15) is 12.8 Å². The van der Waals surface area contributed by atoms with E-state index in [1.54, 1.807) is 0 Å². The molecule has 3 N–H and O–H groups in total. The van der Waals surface area contributed by atoms with Crippen molar-refractivity contribution in [3.63, 3.8) is 0 Å². The SMILES string of the molecule is NS(=O)(=O)N1CCC[C@@H]1C(=O)Nc1ccc(Oc2cc(F)ccc2F)cn1. The number of anilines is 1. The van der Waals surface area contributed by atoms with Crippen LogP contribution in [0.3, 0.4) is 0 Å². The third kappa shape index (κ3) is 4.56. The Morgan fingerprint density at radius 3 is 2.74 bits per heavy atom. The van der Waals surface area contributed by atoms with E-state index in [-0.39, 0.29) is 23.9 Å². The molecule has 1 aliphatic heterocycles. The fraction of sp³-hybridized carbons (Fsp3) is 0.250. The second-order valence-electron chi connectivity index (χ2n) is 5.86. The standard InChI is InChI=1S/C16H16F2N4O4S/c17-10-3-5-12(18)14(8-10)26-11-4-6-15(20-9-11)21-16(23)13-2-1-7-22(13)27(19,24)25/h3-6,8-9,13H,1-2,7H2,(H2,19,24,25)(H,20,21,23)/t13-/m1/s1. The van der Waals surface area contributed by atoms with E-state index >= 15 is 0 Å². The third-order valence-electron chi connectivity index (χ3n) is 3.94. The molecule has 1 saturated heterocycles. The monoisotopic (exact) mass is 398 g/mol. The number of nitrogens with one attached hydrogen (secondary N) is 1. The lowest BCUT2D eigenvalue weighted by atomic mass is 10.2. The Kier molecular flexibility index (Phi) is 5.35. The number of hydrogen-bond acceptors (Lipinski definition) is 5. The van der Waals surface area contributed by atoms with Gasteiger partial charge in [0.15, 0.2) is 11.6 Å². The Balaban J connectivity index is 1.67. The highest BCUT2D eigenvalue weighted by Gasteiger charge is 2.37. The second-order valence-corrected chi connectivity index (χ2v) is 7.36. The van der Waals surface area contributed by atoms with E-state index in [1.165, 1.54) is 18.3 Å². The molecule has 1 atom stereocenters. The lowest BCUT2D eigenvalue weighted by Gasteiger charge is -2.20. The molecule has 0 unspecified atom stereocenters. The van der Waals surface area contributed by atoms with E-state index in [2.05, 4.69) is 10.3 Å².